The van der Waals surface area contributed by atoms with Crippen LogP contribution in [0.5, 0.6) is 5.75 Å². The van der Waals surface area contributed by atoms with Crippen LogP contribution in [0.4, 0.5) is 11.4 Å². The highest BCUT2D eigenvalue weighted by atomic mass is 35.5. The molecule has 0 unspecified atom stereocenters. The van der Waals surface area contributed by atoms with Gasteiger partial charge in [0, 0.05) is 22.8 Å². The largest absolute Gasteiger partial charge is 0.870 e. The molecule has 1 aromatic rings. The summed E-state index contributed by atoms with van der Waals surface area (Å²) in [5.41, 5.74) is -0.589. The minimum Gasteiger partial charge on any atom is -0.870 e. The Morgan fingerprint density at radius 1 is 1.29 bits per heavy atom. The minimum atomic E-state index is -0.754. The zero-order valence-electron chi connectivity index (χ0n) is 8.12. The van der Waals surface area contributed by atoms with E-state index in [1.807, 2.05) is 0 Å². The number of hydrogen-bond acceptors (Lipinski definition) is 6. The third-order valence-corrected chi connectivity index (χ3v) is 1.96. The van der Waals surface area contributed by atoms with Gasteiger partial charge in [-0.3, -0.25) is 20.2 Å². The number of nitro groups is 2. The molecule has 0 radical (unpaired) electrons. The fourth-order valence-corrected chi connectivity index (χ4v) is 1.19. The summed E-state index contributed by atoms with van der Waals surface area (Å²) < 4.78 is 0. The van der Waals surface area contributed by atoms with E-state index in [2.05, 4.69) is 5.32 Å². The number of nitrogens with one attached hydrogen (secondary N) is 1. The summed E-state index contributed by atoms with van der Waals surface area (Å²) in [5, 5.41) is 33.8. The SMILES string of the molecule is O=[N+]([O-])/C=C/Nc1cc([N+](=O)[O-])cc(Cl)c1[O-]. The van der Waals surface area contributed by atoms with E-state index in [1.54, 1.807) is 0 Å². The van der Waals surface area contributed by atoms with Gasteiger partial charge in [-0.2, -0.15) is 0 Å². The number of rotatable bonds is 4. The number of anilines is 1. The maximum absolute atomic E-state index is 11.4. The molecule has 8 nitrogen and oxygen atoms in total. The average molecular weight is 259 g/mol. The fraction of sp³-hybridized carbons (Fsp3) is 0. The van der Waals surface area contributed by atoms with Gasteiger partial charge < -0.3 is 10.4 Å². The molecule has 0 heterocycles. The van der Waals surface area contributed by atoms with Crippen molar-refractivity contribution in [2.24, 2.45) is 0 Å². The molecular weight excluding hydrogens is 254 g/mol. The predicted molar refractivity (Wildman–Crippen MR) is 57.3 cm³/mol. The number of nitro benzene ring substituents is 1. The Kier molecular flexibility index (Phi) is 3.83. The molecule has 1 aromatic carbocycles. The van der Waals surface area contributed by atoms with Crippen molar-refractivity contribution in [3.05, 3.63) is 49.8 Å². The monoisotopic (exact) mass is 258 g/mol. The molecule has 0 atom stereocenters. The third kappa shape index (κ3) is 3.31. The van der Waals surface area contributed by atoms with Crippen molar-refractivity contribution in [1.82, 2.24) is 0 Å². The van der Waals surface area contributed by atoms with Crippen LogP contribution in [-0.4, -0.2) is 9.85 Å². The molecule has 0 aliphatic heterocycles. The summed E-state index contributed by atoms with van der Waals surface area (Å²) in [6, 6.07) is 1.85. The topological polar surface area (TPSA) is 121 Å². The lowest BCUT2D eigenvalue weighted by Crippen LogP contribution is -2.00. The van der Waals surface area contributed by atoms with E-state index >= 15 is 0 Å². The van der Waals surface area contributed by atoms with Crippen LogP contribution in [0.2, 0.25) is 5.02 Å². The molecule has 0 aromatic heterocycles. The highest BCUT2D eigenvalue weighted by Crippen LogP contribution is 2.33. The highest BCUT2D eigenvalue weighted by Gasteiger charge is 2.10. The van der Waals surface area contributed by atoms with Crippen molar-refractivity contribution in [3.63, 3.8) is 0 Å². The molecule has 0 aliphatic rings. The van der Waals surface area contributed by atoms with Crippen molar-refractivity contribution < 1.29 is 15.0 Å². The second-order valence-electron chi connectivity index (χ2n) is 2.81. The van der Waals surface area contributed by atoms with Crippen LogP contribution in [0.25, 0.3) is 0 Å². The van der Waals surface area contributed by atoms with Crippen LogP contribution in [0.3, 0.4) is 0 Å². The van der Waals surface area contributed by atoms with Crippen molar-refractivity contribution in [2.75, 3.05) is 5.32 Å². The normalized spacial score (nSPS) is 10.4. The molecule has 17 heavy (non-hydrogen) atoms. The Balaban J connectivity index is 3.05. The predicted octanol–water partition coefficient (Wildman–Crippen LogP) is 1.48. The molecule has 1 N–H and O–H groups in total. The Hall–Kier alpha value is -2.35. The lowest BCUT2D eigenvalue weighted by Gasteiger charge is -2.14. The average Bonchev–Trinajstić information content (AvgIpc) is 2.23. The Morgan fingerprint density at radius 2 is 1.94 bits per heavy atom. The van der Waals surface area contributed by atoms with Gasteiger partial charge in [-0.15, -0.1) is 0 Å². The highest BCUT2D eigenvalue weighted by molar-refractivity contribution is 6.32. The first-order chi connectivity index (χ1) is 7.91. The first-order valence-corrected chi connectivity index (χ1v) is 4.51. The standard InChI is InChI=1S/C8H6ClN3O5/c9-6-3-5(12(16)17)4-7(8(6)13)10-1-2-11(14)15/h1-4,10,13H/p-1/b2-1+. The van der Waals surface area contributed by atoms with Crippen LogP contribution in [0, 0.1) is 20.2 Å². The van der Waals surface area contributed by atoms with Crippen LogP contribution in [0.1, 0.15) is 0 Å². The summed E-state index contributed by atoms with van der Waals surface area (Å²) in [7, 11) is 0. The summed E-state index contributed by atoms with van der Waals surface area (Å²) >= 11 is 5.49. The number of benzene rings is 1. The second-order valence-corrected chi connectivity index (χ2v) is 3.21. The Labute approximate surface area is 99.4 Å². The van der Waals surface area contributed by atoms with E-state index < -0.39 is 15.6 Å². The smallest absolute Gasteiger partial charge is 0.272 e. The molecule has 0 spiro atoms. The lowest BCUT2D eigenvalue weighted by molar-refractivity contribution is -0.402. The van der Waals surface area contributed by atoms with E-state index in [1.165, 1.54) is 0 Å². The van der Waals surface area contributed by atoms with E-state index in [9.17, 15) is 25.3 Å². The molecule has 90 valence electrons. The van der Waals surface area contributed by atoms with Crippen LogP contribution in [-0.2, 0) is 0 Å². The summed E-state index contributed by atoms with van der Waals surface area (Å²) in [5.74, 6) is -0.676. The maximum atomic E-state index is 11.4. The summed E-state index contributed by atoms with van der Waals surface area (Å²) in [6.07, 6.45) is 1.42. The number of non-ortho nitro benzene ring substituents is 1. The fourth-order valence-electron chi connectivity index (χ4n) is 0.980. The molecule has 0 saturated carbocycles. The van der Waals surface area contributed by atoms with E-state index in [4.69, 9.17) is 11.6 Å². The summed E-state index contributed by atoms with van der Waals surface area (Å²) in [6.45, 7) is 0. The van der Waals surface area contributed by atoms with Crippen molar-refractivity contribution in [2.45, 2.75) is 0 Å². The van der Waals surface area contributed by atoms with E-state index in [0.29, 0.717) is 6.20 Å². The molecule has 0 amide bonds. The van der Waals surface area contributed by atoms with Gasteiger partial charge in [-0.05, 0) is 0 Å². The minimum absolute atomic E-state index is 0.206. The number of halogens is 1. The lowest BCUT2D eigenvalue weighted by atomic mass is 10.2. The zero-order chi connectivity index (χ0) is 13.0. The van der Waals surface area contributed by atoms with Crippen molar-refractivity contribution in [3.8, 4) is 5.75 Å². The van der Waals surface area contributed by atoms with E-state index in [0.717, 1.165) is 18.3 Å². The van der Waals surface area contributed by atoms with Gasteiger partial charge in [0.05, 0.1) is 16.0 Å². The van der Waals surface area contributed by atoms with Gasteiger partial charge in [-0.1, -0.05) is 17.4 Å². The van der Waals surface area contributed by atoms with Gasteiger partial charge in [0.15, 0.2) is 0 Å². The maximum Gasteiger partial charge on any atom is 0.272 e. The van der Waals surface area contributed by atoms with Crippen LogP contribution < -0.4 is 10.4 Å². The van der Waals surface area contributed by atoms with Gasteiger partial charge in [0.2, 0.25) is 6.20 Å². The molecule has 0 saturated heterocycles. The Morgan fingerprint density at radius 3 is 2.47 bits per heavy atom. The molecular formula is C8H5ClN3O5-. The first kappa shape index (κ1) is 12.7. The first-order valence-electron chi connectivity index (χ1n) is 4.13. The van der Waals surface area contributed by atoms with Gasteiger partial charge in [-0.25, -0.2) is 0 Å². The summed E-state index contributed by atoms with van der Waals surface area (Å²) in [4.78, 5) is 19.0. The number of hydrogen-bond donors (Lipinski definition) is 1. The van der Waals surface area contributed by atoms with Gasteiger partial charge in [0.25, 0.3) is 5.69 Å². The van der Waals surface area contributed by atoms with E-state index in [-0.39, 0.29) is 16.4 Å². The Bertz CT molecular complexity index is 502. The molecule has 0 aliphatic carbocycles. The third-order valence-electron chi connectivity index (χ3n) is 1.67. The van der Waals surface area contributed by atoms with Crippen molar-refractivity contribution >= 4 is 23.0 Å². The number of nitrogens with zero attached hydrogens (tertiary/aromatic N) is 2. The molecule has 9 heteroatoms. The second kappa shape index (κ2) is 5.12. The molecule has 0 bridgehead atoms. The van der Waals surface area contributed by atoms with Gasteiger partial charge >= 0.3 is 0 Å². The van der Waals surface area contributed by atoms with Gasteiger partial charge in [0.1, 0.15) is 0 Å². The van der Waals surface area contributed by atoms with Crippen molar-refractivity contribution in [1.29, 1.82) is 0 Å². The van der Waals surface area contributed by atoms with Crippen LogP contribution >= 0.6 is 11.6 Å². The zero-order valence-corrected chi connectivity index (χ0v) is 8.88. The molecule has 0 fully saturated rings. The quantitative estimate of drug-likeness (QED) is 0.645. The molecule has 1 rings (SSSR count). The van der Waals surface area contributed by atoms with Crippen LogP contribution in [0.15, 0.2) is 24.5 Å².